The third kappa shape index (κ3) is 3.94. The summed E-state index contributed by atoms with van der Waals surface area (Å²) in [6.45, 7) is 0.677. The number of anilines is 2. The molecule has 2 rings (SSSR count). The standard InChI is InChI=1S/C11H12FN3OS2/c1-16-5-6-17-11-15-14-10(18-11)13-9-4-2-3-8(12)7-9/h2-4,7H,5-6H2,1H3,(H,13,14). The number of nitrogens with zero attached hydrogens (tertiary/aromatic N) is 2. The molecule has 4 nitrogen and oxygen atoms in total. The van der Waals surface area contributed by atoms with E-state index in [1.165, 1.54) is 23.5 Å². The van der Waals surface area contributed by atoms with Crippen molar-refractivity contribution in [2.45, 2.75) is 4.34 Å². The Hall–Kier alpha value is -1.18. The largest absolute Gasteiger partial charge is 0.384 e. The molecule has 0 amide bonds. The van der Waals surface area contributed by atoms with Crippen molar-refractivity contribution >= 4 is 33.9 Å². The number of rotatable bonds is 6. The third-order valence-electron chi connectivity index (χ3n) is 2.00. The van der Waals surface area contributed by atoms with E-state index in [0.717, 1.165) is 10.1 Å². The highest BCUT2D eigenvalue weighted by Gasteiger charge is 2.05. The molecule has 0 atom stereocenters. The molecule has 0 aliphatic heterocycles. The van der Waals surface area contributed by atoms with E-state index in [1.807, 2.05) is 0 Å². The van der Waals surface area contributed by atoms with E-state index < -0.39 is 0 Å². The molecule has 1 aromatic heterocycles. The van der Waals surface area contributed by atoms with E-state index in [9.17, 15) is 4.39 Å². The van der Waals surface area contributed by atoms with Crippen LogP contribution in [0.1, 0.15) is 0 Å². The van der Waals surface area contributed by atoms with Crippen LogP contribution in [0.4, 0.5) is 15.2 Å². The zero-order valence-corrected chi connectivity index (χ0v) is 11.4. The summed E-state index contributed by atoms with van der Waals surface area (Å²) >= 11 is 3.02. The molecule has 1 N–H and O–H groups in total. The van der Waals surface area contributed by atoms with E-state index in [2.05, 4.69) is 15.5 Å². The quantitative estimate of drug-likeness (QED) is 0.652. The van der Waals surface area contributed by atoms with Gasteiger partial charge in [-0.15, -0.1) is 10.2 Å². The van der Waals surface area contributed by atoms with Gasteiger partial charge in [-0.1, -0.05) is 29.2 Å². The number of methoxy groups -OCH3 is 1. The molecule has 0 saturated carbocycles. The van der Waals surface area contributed by atoms with Gasteiger partial charge in [-0.05, 0) is 18.2 Å². The molecule has 0 fully saturated rings. The van der Waals surface area contributed by atoms with Gasteiger partial charge in [0.25, 0.3) is 0 Å². The lowest BCUT2D eigenvalue weighted by atomic mass is 10.3. The van der Waals surface area contributed by atoms with E-state index in [1.54, 1.807) is 31.0 Å². The Kier molecular flexibility index (Phi) is 4.91. The fourth-order valence-corrected chi connectivity index (χ4v) is 2.96. The molecular formula is C11H12FN3OS2. The van der Waals surface area contributed by atoms with Crippen LogP contribution in [0.25, 0.3) is 0 Å². The van der Waals surface area contributed by atoms with Crippen molar-refractivity contribution in [3.05, 3.63) is 30.1 Å². The number of aromatic nitrogens is 2. The lowest BCUT2D eigenvalue weighted by Gasteiger charge is -2.00. The minimum absolute atomic E-state index is 0.279. The number of hydrogen-bond donors (Lipinski definition) is 1. The van der Waals surface area contributed by atoms with Crippen LogP contribution in [0.5, 0.6) is 0 Å². The number of halogens is 1. The summed E-state index contributed by atoms with van der Waals surface area (Å²) in [6, 6.07) is 6.24. The van der Waals surface area contributed by atoms with Crippen molar-refractivity contribution in [2.75, 3.05) is 24.8 Å². The lowest BCUT2D eigenvalue weighted by molar-refractivity contribution is 0.218. The zero-order chi connectivity index (χ0) is 12.8. The van der Waals surface area contributed by atoms with Crippen molar-refractivity contribution in [2.24, 2.45) is 0 Å². The first-order valence-corrected chi connectivity index (χ1v) is 7.06. The van der Waals surface area contributed by atoms with E-state index in [4.69, 9.17) is 4.74 Å². The minimum Gasteiger partial charge on any atom is -0.384 e. The topological polar surface area (TPSA) is 47.0 Å². The van der Waals surface area contributed by atoms with Crippen LogP contribution in [0.3, 0.4) is 0 Å². The highest BCUT2D eigenvalue weighted by atomic mass is 32.2. The van der Waals surface area contributed by atoms with Crippen molar-refractivity contribution in [3.63, 3.8) is 0 Å². The van der Waals surface area contributed by atoms with Crippen LogP contribution < -0.4 is 5.32 Å². The van der Waals surface area contributed by atoms with Crippen LogP contribution in [0.15, 0.2) is 28.6 Å². The summed E-state index contributed by atoms with van der Waals surface area (Å²) in [6.07, 6.45) is 0. The molecule has 0 saturated heterocycles. The van der Waals surface area contributed by atoms with Crippen LogP contribution in [-0.2, 0) is 4.74 Å². The van der Waals surface area contributed by atoms with Gasteiger partial charge < -0.3 is 10.1 Å². The van der Waals surface area contributed by atoms with Gasteiger partial charge in [0.15, 0.2) is 4.34 Å². The first-order valence-electron chi connectivity index (χ1n) is 5.26. The van der Waals surface area contributed by atoms with Crippen molar-refractivity contribution in [1.82, 2.24) is 10.2 Å². The fourth-order valence-electron chi connectivity index (χ4n) is 1.22. The number of nitrogens with one attached hydrogen (secondary N) is 1. The molecule has 0 bridgehead atoms. The summed E-state index contributed by atoms with van der Waals surface area (Å²) in [5.74, 6) is 0.560. The summed E-state index contributed by atoms with van der Waals surface area (Å²) in [7, 11) is 1.66. The number of benzene rings is 1. The molecule has 18 heavy (non-hydrogen) atoms. The smallest absolute Gasteiger partial charge is 0.210 e. The van der Waals surface area contributed by atoms with Crippen LogP contribution >= 0.6 is 23.1 Å². The summed E-state index contributed by atoms with van der Waals surface area (Å²) in [5.41, 5.74) is 0.666. The minimum atomic E-state index is -0.279. The summed E-state index contributed by atoms with van der Waals surface area (Å²) < 4.78 is 18.8. The van der Waals surface area contributed by atoms with E-state index in [0.29, 0.717) is 17.4 Å². The van der Waals surface area contributed by atoms with Crippen molar-refractivity contribution in [1.29, 1.82) is 0 Å². The fraction of sp³-hybridized carbons (Fsp3) is 0.273. The maximum Gasteiger partial charge on any atom is 0.210 e. The van der Waals surface area contributed by atoms with Gasteiger partial charge in [-0.2, -0.15) is 0 Å². The second kappa shape index (κ2) is 6.67. The molecule has 96 valence electrons. The Balaban J connectivity index is 1.94. The monoisotopic (exact) mass is 285 g/mol. The maximum atomic E-state index is 13.0. The highest BCUT2D eigenvalue weighted by Crippen LogP contribution is 2.27. The Bertz CT molecular complexity index is 507. The van der Waals surface area contributed by atoms with Gasteiger partial charge >= 0.3 is 0 Å². The predicted molar refractivity (Wildman–Crippen MR) is 72.2 cm³/mol. The molecule has 0 aliphatic rings. The van der Waals surface area contributed by atoms with Gasteiger partial charge in [0.1, 0.15) is 5.82 Å². The summed E-state index contributed by atoms with van der Waals surface area (Å²) in [4.78, 5) is 0. The molecule has 7 heteroatoms. The molecule has 0 unspecified atom stereocenters. The Morgan fingerprint density at radius 3 is 3.11 bits per heavy atom. The Morgan fingerprint density at radius 2 is 2.33 bits per heavy atom. The Morgan fingerprint density at radius 1 is 1.44 bits per heavy atom. The SMILES string of the molecule is COCCSc1nnc(Nc2cccc(F)c2)s1. The molecule has 0 spiro atoms. The first-order chi connectivity index (χ1) is 8.78. The third-order valence-corrected chi connectivity index (χ3v) is 3.93. The second-order valence-corrected chi connectivity index (χ2v) is 5.67. The summed E-state index contributed by atoms with van der Waals surface area (Å²) in [5, 5.41) is 11.7. The van der Waals surface area contributed by atoms with E-state index in [-0.39, 0.29) is 5.82 Å². The highest BCUT2D eigenvalue weighted by molar-refractivity contribution is 8.01. The van der Waals surface area contributed by atoms with Crippen LogP contribution in [0, 0.1) is 5.82 Å². The molecular weight excluding hydrogens is 273 g/mol. The van der Waals surface area contributed by atoms with Gasteiger partial charge in [-0.25, -0.2) is 4.39 Å². The molecule has 0 aliphatic carbocycles. The Labute approximate surface area is 113 Å². The maximum absolute atomic E-state index is 13.0. The normalized spacial score (nSPS) is 10.6. The van der Waals surface area contributed by atoms with Crippen molar-refractivity contribution < 1.29 is 9.13 Å². The predicted octanol–water partition coefficient (Wildman–Crippen LogP) is 3.16. The van der Waals surface area contributed by atoms with Crippen LogP contribution in [0.2, 0.25) is 0 Å². The second-order valence-electron chi connectivity index (χ2n) is 3.35. The number of hydrogen-bond acceptors (Lipinski definition) is 6. The van der Waals surface area contributed by atoms with Gasteiger partial charge in [-0.3, -0.25) is 0 Å². The van der Waals surface area contributed by atoms with Gasteiger partial charge in [0.05, 0.1) is 6.61 Å². The lowest BCUT2D eigenvalue weighted by Crippen LogP contribution is -1.90. The number of ether oxygens (including phenoxy) is 1. The average molecular weight is 285 g/mol. The molecule has 2 aromatic rings. The number of thioether (sulfide) groups is 1. The first kappa shape index (κ1) is 13.3. The molecule has 1 heterocycles. The average Bonchev–Trinajstić information content (AvgIpc) is 2.77. The molecule has 0 radical (unpaired) electrons. The van der Waals surface area contributed by atoms with Gasteiger partial charge in [0, 0.05) is 18.6 Å². The molecule has 1 aromatic carbocycles. The van der Waals surface area contributed by atoms with Crippen molar-refractivity contribution in [3.8, 4) is 0 Å². The zero-order valence-electron chi connectivity index (χ0n) is 9.72. The van der Waals surface area contributed by atoms with Gasteiger partial charge in [0.2, 0.25) is 5.13 Å². The van der Waals surface area contributed by atoms with Crippen LogP contribution in [-0.4, -0.2) is 29.7 Å². The van der Waals surface area contributed by atoms with E-state index >= 15 is 0 Å².